The molecule has 0 radical (unpaired) electrons. The van der Waals surface area contributed by atoms with E-state index in [0.717, 1.165) is 23.5 Å². The van der Waals surface area contributed by atoms with Crippen molar-refractivity contribution in [2.24, 2.45) is 5.16 Å². The summed E-state index contributed by atoms with van der Waals surface area (Å²) in [6.45, 7) is 0.925. The topological polar surface area (TPSA) is 271 Å². The molecule has 2 atom stereocenters. The number of hydrogen-bond acceptors (Lipinski definition) is 14. The van der Waals surface area contributed by atoms with Gasteiger partial charge in [0.05, 0.1) is 22.8 Å². The maximum atomic E-state index is 13.0. The number of carboxylic acid groups (broad SMARTS) is 1. The van der Waals surface area contributed by atoms with Gasteiger partial charge >= 0.3 is 16.3 Å². The molecule has 0 saturated carbocycles. The standard InChI is InChI=1S/C21H19N7O11S2/c1-8-15(19(33)28(8)41(36,37)38)26-18(32)16(12-6-40-21(25-12)22-7-29)27-39-3-2-9-17(20(34)35)24-11-5-14(31)13(30)4-10(11)23-9/h4-8,15,30-31H,2-3H2,1H3,(H,26,32)(H,34,35)(H,22,25,29)(H,36,37,38). The fourth-order valence-corrected chi connectivity index (χ4v) is 5.27. The van der Waals surface area contributed by atoms with E-state index in [4.69, 9.17) is 9.39 Å². The van der Waals surface area contributed by atoms with Crippen LogP contribution in [0.15, 0.2) is 22.7 Å². The number of rotatable bonds is 11. The first-order chi connectivity index (χ1) is 19.3. The predicted octanol–water partition coefficient (Wildman–Crippen LogP) is -0.754. The zero-order valence-corrected chi connectivity index (χ0v) is 22.2. The second-order valence-corrected chi connectivity index (χ2v) is 10.4. The van der Waals surface area contributed by atoms with Crippen LogP contribution in [0.3, 0.4) is 0 Å². The van der Waals surface area contributed by atoms with Crippen LogP contribution in [0.25, 0.3) is 11.0 Å². The molecular weight excluding hydrogens is 590 g/mol. The van der Waals surface area contributed by atoms with Gasteiger partial charge in [-0.15, -0.1) is 11.3 Å². The van der Waals surface area contributed by atoms with Crippen LogP contribution in [0.4, 0.5) is 5.13 Å². The van der Waals surface area contributed by atoms with E-state index in [0.29, 0.717) is 6.41 Å². The number of amides is 3. The number of hydrogen-bond donors (Lipinski definition) is 6. The molecule has 3 aromatic rings. The SMILES string of the molecule is CC1C(NC(=O)C(=NOCCc2nc3cc(O)c(O)cc3nc2C(=O)O)c2csc(NC=O)n2)C(=O)N1S(=O)(=O)O. The van der Waals surface area contributed by atoms with Gasteiger partial charge < -0.3 is 30.8 Å². The molecule has 3 heterocycles. The minimum atomic E-state index is -4.83. The maximum absolute atomic E-state index is 13.0. The summed E-state index contributed by atoms with van der Waals surface area (Å²) in [7, 11) is -4.83. The number of carboxylic acids is 1. The van der Waals surface area contributed by atoms with Gasteiger partial charge in [-0.3, -0.25) is 18.9 Å². The van der Waals surface area contributed by atoms with E-state index in [9.17, 15) is 42.9 Å². The number of aromatic hydroxyl groups is 2. The highest BCUT2D eigenvalue weighted by atomic mass is 32.2. The van der Waals surface area contributed by atoms with E-state index in [1.807, 2.05) is 0 Å². The van der Waals surface area contributed by atoms with Gasteiger partial charge in [-0.25, -0.2) is 24.1 Å². The fourth-order valence-electron chi connectivity index (χ4n) is 3.73. The summed E-state index contributed by atoms with van der Waals surface area (Å²) in [4.78, 5) is 65.0. The van der Waals surface area contributed by atoms with Crippen LogP contribution in [0.2, 0.25) is 0 Å². The monoisotopic (exact) mass is 609 g/mol. The molecule has 2 unspecified atom stereocenters. The number of anilines is 1. The Balaban J connectivity index is 1.55. The summed E-state index contributed by atoms with van der Waals surface area (Å²) in [5.41, 5.74) is -1.00. The van der Waals surface area contributed by atoms with Crippen LogP contribution in [0.5, 0.6) is 11.5 Å². The van der Waals surface area contributed by atoms with E-state index in [1.165, 1.54) is 12.3 Å². The second-order valence-electron chi connectivity index (χ2n) is 8.28. The summed E-state index contributed by atoms with van der Waals surface area (Å²) in [6, 6.07) is -0.312. The third-order valence-corrected chi connectivity index (χ3v) is 7.42. The van der Waals surface area contributed by atoms with Crippen molar-refractivity contribution < 1.29 is 52.3 Å². The Labute approximate surface area is 233 Å². The normalized spacial score (nSPS) is 17.2. The highest BCUT2D eigenvalue weighted by Gasteiger charge is 2.51. The van der Waals surface area contributed by atoms with Crippen LogP contribution in [0.1, 0.15) is 28.8 Å². The molecule has 6 N–H and O–H groups in total. The molecule has 1 aromatic carbocycles. The molecule has 1 aliphatic heterocycles. The number of phenolic OH excluding ortho intramolecular Hbond substituents is 2. The van der Waals surface area contributed by atoms with Crippen molar-refractivity contribution in [2.75, 3.05) is 11.9 Å². The lowest BCUT2D eigenvalue weighted by Gasteiger charge is -2.42. The molecule has 0 spiro atoms. The number of β-lactam (4-membered cyclic amide) rings is 1. The molecule has 1 aliphatic rings. The summed E-state index contributed by atoms with van der Waals surface area (Å²) in [6.07, 6.45) is 0.154. The zero-order valence-electron chi connectivity index (χ0n) is 20.6. The average molecular weight is 610 g/mol. The highest BCUT2D eigenvalue weighted by molar-refractivity contribution is 7.84. The fraction of sp³-hybridized carbons (Fsp3) is 0.238. The number of benzene rings is 1. The van der Waals surface area contributed by atoms with Crippen LogP contribution in [-0.2, 0) is 35.9 Å². The van der Waals surface area contributed by atoms with Crippen molar-refractivity contribution in [3.05, 3.63) is 34.6 Å². The lowest BCUT2D eigenvalue weighted by Crippen LogP contribution is -2.71. The van der Waals surface area contributed by atoms with Crippen LogP contribution in [-0.4, -0.2) is 96.1 Å². The Morgan fingerprint density at radius 3 is 2.44 bits per heavy atom. The van der Waals surface area contributed by atoms with Gasteiger partial charge in [0, 0.05) is 23.9 Å². The van der Waals surface area contributed by atoms with E-state index < -0.39 is 63.1 Å². The van der Waals surface area contributed by atoms with Crippen molar-refractivity contribution in [3.63, 3.8) is 0 Å². The Morgan fingerprint density at radius 1 is 1.20 bits per heavy atom. The van der Waals surface area contributed by atoms with E-state index >= 15 is 0 Å². The molecule has 1 fully saturated rings. The van der Waals surface area contributed by atoms with Gasteiger partial charge in [0.15, 0.2) is 28.0 Å². The van der Waals surface area contributed by atoms with Gasteiger partial charge in [-0.2, -0.15) is 8.42 Å². The van der Waals surface area contributed by atoms with Crippen molar-refractivity contribution >= 4 is 67.7 Å². The Hall–Kier alpha value is -4.95. The third kappa shape index (κ3) is 5.97. The lowest BCUT2D eigenvalue weighted by molar-refractivity contribution is -0.143. The molecule has 0 aliphatic carbocycles. The molecule has 2 aromatic heterocycles. The first-order valence-corrected chi connectivity index (χ1v) is 13.5. The van der Waals surface area contributed by atoms with Gasteiger partial charge in [0.25, 0.3) is 11.8 Å². The molecule has 41 heavy (non-hydrogen) atoms. The van der Waals surface area contributed by atoms with E-state index in [-0.39, 0.29) is 44.9 Å². The van der Waals surface area contributed by atoms with Crippen molar-refractivity contribution in [1.29, 1.82) is 0 Å². The first-order valence-electron chi connectivity index (χ1n) is 11.2. The number of phenols is 2. The van der Waals surface area contributed by atoms with Crippen molar-refractivity contribution in [2.45, 2.75) is 25.4 Å². The van der Waals surface area contributed by atoms with Gasteiger partial charge in [-0.05, 0) is 6.92 Å². The first kappa shape index (κ1) is 29.0. The van der Waals surface area contributed by atoms with Crippen molar-refractivity contribution in [1.82, 2.24) is 24.6 Å². The number of carbonyl (C=O) groups excluding carboxylic acids is 3. The summed E-state index contributed by atoms with van der Waals surface area (Å²) >= 11 is 0.929. The quantitative estimate of drug-likeness (QED) is 0.0297. The smallest absolute Gasteiger partial charge is 0.362 e. The molecule has 4 rings (SSSR count). The Bertz CT molecular complexity index is 1710. The van der Waals surface area contributed by atoms with Gasteiger partial charge in [0.2, 0.25) is 6.41 Å². The number of aromatic nitrogens is 3. The number of thiazole rings is 1. The predicted molar refractivity (Wildman–Crippen MR) is 138 cm³/mol. The third-order valence-electron chi connectivity index (χ3n) is 5.64. The average Bonchev–Trinajstić information content (AvgIpc) is 3.35. The summed E-state index contributed by atoms with van der Waals surface area (Å²) in [5, 5.41) is 38.6. The minimum absolute atomic E-state index is 0.00921. The molecule has 216 valence electrons. The van der Waals surface area contributed by atoms with Gasteiger partial charge in [0.1, 0.15) is 18.3 Å². The number of aromatic carboxylic acids is 1. The van der Waals surface area contributed by atoms with Crippen molar-refractivity contribution in [3.8, 4) is 11.5 Å². The molecule has 20 heteroatoms. The molecule has 18 nitrogen and oxygen atoms in total. The minimum Gasteiger partial charge on any atom is -0.504 e. The molecule has 1 saturated heterocycles. The lowest BCUT2D eigenvalue weighted by atomic mass is 10.0. The summed E-state index contributed by atoms with van der Waals surface area (Å²) < 4.78 is 32.0. The van der Waals surface area contributed by atoms with Gasteiger partial charge in [-0.1, -0.05) is 5.16 Å². The molecular formula is C21H19N7O11S2. The zero-order chi connectivity index (χ0) is 30.1. The number of oxime groups is 1. The summed E-state index contributed by atoms with van der Waals surface area (Å²) in [5.74, 6) is -4.55. The highest BCUT2D eigenvalue weighted by Crippen LogP contribution is 2.29. The molecule has 0 bridgehead atoms. The van der Waals surface area contributed by atoms with E-state index in [2.05, 4.69) is 30.7 Å². The largest absolute Gasteiger partial charge is 0.504 e. The van der Waals surface area contributed by atoms with Crippen LogP contribution >= 0.6 is 11.3 Å². The van der Waals surface area contributed by atoms with Crippen LogP contribution < -0.4 is 10.6 Å². The second kappa shape index (κ2) is 11.3. The number of carbonyl (C=O) groups is 4. The number of nitrogens with zero attached hydrogens (tertiary/aromatic N) is 5. The molecule has 3 amide bonds. The van der Waals surface area contributed by atoms with Crippen LogP contribution in [0, 0.1) is 0 Å². The number of fused-ring (bicyclic) bond motifs is 1. The Morgan fingerprint density at radius 2 is 1.85 bits per heavy atom. The maximum Gasteiger partial charge on any atom is 0.362 e. The number of nitrogens with one attached hydrogen (secondary N) is 2. The Kier molecular flexibility index (Phi) is 7.98. The van der Waals surface area contributed by atoms with E-state index in [1.54, 1.807) is 0 Å².